The average molecular weight is 402 g/mol. The molecule has 0 bridgehead atoms. The molecule has 0 unspecified atom stereocenters. The molecule has 0 saturated carbocycles. The molecule has 0 fully saturated rings. The Hall–Kier alpha value is -2.71. The number of sulfonamides is 1. The Morgan fingerprint density at radius 3 is 2.82 bits per heavy atom. The molecule has 28 heavy (non-hydrogen) atoms. The van der Waals surface area contributed by atoms with E-state index in [1.54, 1.807) is 24.3 Å². The summed E-state index contributed by atoms with van der Waals surface area (Å²) in [6.07, 6.45) is 0.542. The molecule has 6 nitrogen and oxygen atoms in total. The molecule has 0 spiro atoms. The maximum Gasteiger partial charge on any atom is 0.337 e. The first-order valence-electron chi connectivity index (χ1n) is 8.81. The molecule has 4 rings (SSSR count). The quantitative estimate of drug-likeness (QED) is 0.681. The summed E-state index contributed by atoms with van der Waals surface area (Å²) in [6.45, 7) is 0.555. The number of fused-ring (bicyclic) bond motifs is 3. The van der Waals surface area contributed by atoms with Gasteiger partial charge in [-0.25, -0.2) is 17.6 Å². The number of carbonyl (C=O) groups is 1. The zero-order chi connectivity index (χ0) is 19.9. The van der Waals surface area contributed by atoms with Crippen molar-refractivity contribution in [2.45, 2.75) is 18.7 Å². The van der Waals surface area contributed by atoms with Crippen molar-refractivity contribution >= 4 is 26.9 Å². The molecular weight excluding hydrogens is 383 g/mol. The second-order valence-electron chi connectivity index (χ2n) is 6.80. The third kappa shape index (κ3) is 3.41. The van der Waals surface area contributed by atoms with Crippen LogP contribution < -0.4 is 0 Å². The van der Waals surface area contributed by atoms with E-state index in [1.807, 2.05) is 0 Å². The Labute approximate surface area is 162 Å². The van der Waals surface area contributed by atoms with Crippen LogP contribution >= 0.6 is 0 Å². The van der Waals surface area contributed by atoms with E-state index < -0.39 is 21.8 Å². The van der Waals surface area contributed by atoms with Crippen molar-refractivity contribution in [3.63, 3.8) is 0 Å². The lowest BCUT2D eigenvalue weighted by atomic mass is 10.0. The minimum atomic E-state index is -3.61. The lowest BCUT2D eigenvalue weighted by Crippen LogP contribution is -2.36. The van der Waals surface area contributed by atoms with Crippen LogP contribution in [0.5, 0.6) is 0 Å². The van der Waals surface area contributed by atoms with Crippen LogP contribution in [0.4, 0.5) is 4.39 Å². The van der Waals surface area contributed by atoms with Crippen molar-refractivity contribution < 1.29 is 22.3 Å². The van der Waals surface area contributed by atoms with E-state index in [0.717, 1.165) is 22.2 Å². The van der Waals surface area contributed by atoms with E-state index in [2.05, 4.69) is 4.98 Å². The Kier molecular flexibility index (Phi) is 4.68. The number of carbonyl (C=O) groups excluding carboxylic acids is 1. The Morgan fingerprint density at radius 1 is 1.25 bits per heavy atom. The number of ether oxygens (including phenoxy) is 1. The van der Waals surface area contributed by atoms with Crippen molar-refractivity contribution in [1.29, 1.82) is 0 Å². The summed E-state index contributed by atoms with van der Waals surface area (Å²) in [6, 6.07) is 10.8. The minimum absolute atomic E-state index is 0.206. The highest BCUT2D eigenvalue weighted by Gasteiger charge is 2.29. The van der Waals surface area contributed by atoms with Gasteiger partial charge in [0.05, 0.1) is 18.4 Å². The molecule has 8 heteroatoms. The minimum Gasteiger partial charge on any atom is -0.465 e. The summed E-state index contributed by atoms with van der Waals surface area (Å²) in [5.41, 5.74) is 3.50. The first kappa shape index (κ1) is 18.6. The van der Waals surface area contributed by atoms with Gasteiger partial charge in [-0.15, -0.1) is 0 Å². The van der Waals surface area contributed by atoms with Gasteiger partial charge in [0.1, 0.15) is 5.82 Å². The molecule has 1 aromatic heterocycles. The van der Waals surface area contributed by atoms with Crippen molar-refractivity contribution in [3.05, 3.63) is 70.7 Å². The average Bonchev–Trinajstić information content (AvgIpc) is 3.04. The topological polar surface area (TPSA) is 79.5 Å². The second kappa shape index (κ2) is 7.03. The molecule has 0 atom stereocenters. The monoisotopic (exact) mass is 402 g/mol. The zero-order valence-corrected chi connectivity index (χ0v) is 16.1. The van der Waals surface area contributed by atoms with Gasteiger partial charge in [0.2, 0.25) is 10.0 Å². The van der Waals surface area contributed by atoms with Crippen molar-refractivity contribution in [1.82, 2.24) is 9.29 Å². The Morgan fingerprint density at radius 2 is 2.07 bits per heavy atom. The van der Waals surface area contributed by atoms with E-state index in [0.29, 0.717) is 24.1 Å². The van der Waals surface area contributed by atoms with Gasteiger partial charge in [0.25, 0.3) is 0 Å². The molecule has 0 amide bonds. The number of aromatic amines is 1. The van der Waals surface area contributed by atoms with Gasteiger partial charge in [0.15, 0.2) is 0 Å². The summed E-state index contributed by atoms with van der Waals surface area (Å²) < 4.78 is 45.3. The first-order chi connectivity index (χ1) is 13.4. The number of nitrogens with zero attached hydrogens (tertiary/aromatic N) is 1. The lowest BCUT2D eigenvalue weighted by Gasteiger charge is -2.26. The number of H-pyrrole nitrogens is 1. The number of rotatable bonds is 4. The third-order valence-corrected chi connectivity index (χ3v) is 6.79. The van der Waals surface area contributed by atoms with Gasteiger partial charge in [0, 0.05) is 36.1 Å². The smallest absolute Gasteiger partial charge is 0.337 e. The fourth-order valence-corrected chi connectivity index (χ4v) is 5.08. The largest absolute Gasteiger partial charge is 0.465 e. The number of benzene rings is 2. The molecule has 2 aromatic carbocycles. The van der Waals surface area contributed by atoms with Gasteiger partial charge >= 0.3 is 5.97 Å². The molecule has 0 aliphatic carbocycles. The van der Waals surface area contributed by atoms with Gasteiger partial charge in [-0.05, 0) is 41.5 Å². The first-order valence-corrected chi connectivity index (χ1v) is 10.4. The molecule has 3 aromatic rings. The summed E-state index contributed by atoms with van der Waals surface area (Å²) in [7, 11) is -2.29. The fraction of sp³-hybridized carbons (Fsp3) is 0.250. The molecule has 1 N–H and O–H groups in total. The summed E-state index contributed by atoms with van der Waals surface area (Å²) in [5.74, 6) is -1.15. The highest BCUT2D eigenvalue weighted by molar-refractivity contribution is 7.88. The standard InChI is InChI=1S/C20H19FN2O4S/c1-27-20(24)14-5-6-18-16(10-14)17-11-23(8-7-19(17)22-18)28(25,26)12-13-3-2-4-15(21)9-13/h2-6,9-10,22H,7-8,11-12H2,1H3. The summed E-state index contributed by atoms with van der Waals surface area (Å²) in [5, 5.41) is 0.809. The van der Waals surface area contributed by atoms with Crippen LogP contribution in [0.15, 0.2) is 42.5 Å². The van der Waals surface area contributed by atoms with Crippen molar-refractivity contribution in [2.75, 3.05) is 13.7 Å². The Balaban J connectivity index is 1.65. The highest BCUT2D eigenvalue weighted by Crippen LogP contribution is 2.30. The van der Waals surface area contributed by atoms with Crippen LogP contribution in [0, 0.1) is 5.82 Å². The summed E-state index contributed by atoms with van der Waals surface area (Å²) >= 11 is 0. The van der Waals surface area contributed by atoms with E-state index in [-0.39, 0.29) is 12.3 Å². The summed E-state index contributed by atoms with van der Waals surface area (Å²) in [4.78, 5) is 15.1. The SMILES string of the molecule is COC(=O)c1ccc2[nH]c3c(c2c1)CN(S(=O)(=O)Cc1cccc(F)c1)CC3. The lowest BCUT2D eigenvalue weighted by molar-refractivity contribution is 0.0601. The highest BCUT2D eigenvalue weighted by atomic mass is 32.2. The van der Waals surface area contributed by atoms with Crippen molar-refractivity contribution in [2.24, 2.45) is 0 Å². The molecule has 0 radical (unpaired) electrons. The molecule has 0 saturated heterocycles. The van der Waals surface area contributed by atoms with Crippen LogP contribution in [-0.4, -0.2) is 37.3 Å². The van der Waals surface area contributed by atoms with Crippen LogP contribution in [0.2, 0.25) is 0 Å². The van der Waals surface area contributed by atoms with Crippen molar-refractivity contribution in [3.8, 4) is 0 Å². The normalized spacial score (nSPS) is 14.8. The van der Waals surface area contributed by atoms with Gasteiger partial charge < -0.3 is 9.72 Å². The van der Waals surface area contributed by atoms with E-state index in [9.17, 15) is 17.6 Å². The number of aromatic nitrogens is 1. The number of methoxy groups -OCH3 is 1. The second-order valence-corrected chi connectivity index (χ2v) is 8.77. The van der Waals surface area contributed by atoms with Gasteiger partial charge in [-0.3, -0.25) is 0 Å². The molecule has 1 aliphatic heterocycles. The van der Waals surface area contributed by atoms with E-state index in [4.69, 9.17) is 4.74 Å². The number of hydrogen-bond acceptors (Lipinski definition) is 4. The number of nitrogens with one attached hydrogen (secondary N) is 1. The van der Waals surface area contributed by atoms with Gasteiger partial charge in [-0.1, -0.05) is 12.1 Å². The van der Waals surface area contributed by atoms with Crippen LogP contribution in [0.1, 0.15) is 27.2 Å². The maximum absolute atomic E-state index is 13.4. The Bertz CT molecular complexity index is 1170. The molecule has 1 aliphatic rings. The fourth-order valence-electron chi connectivity index (χ4n) is 3.60. The van der Waals surface area contributed by atoms with Crippen LogP contribution in [0.3, 0.4) is 0 Å². The number of hydrogen-bond donors (Lipinski definition) is 1. The maximum atomic E-state index is 13.4. The zero-order valence-electron chi connectivity index (χ0n) is 15.2. The molecular formula is C20H19FN2O4S. The van der Waals surface area contributed by atoms with Gasteiger partial charge in [-0.2, -0.15) is 4.31 Å². The van der Waals surface area contributed by atoms with Crippen LogP contribution in [0.25, 0.3) is 10.9 Å². The molecule has 2 heterocycles. The molecule has 146 valence electrons. The number of esters is 1. The third-order valence-electron chi connectivity index (χ3n) is 4.99. The number of halogens is 1. The van der Waals surface area contributed by atoms with E-state index >= 15 is 0 Å². The predicted molar refractivity (Wildman–Crippen MR) is 103 cm³/mol. The predicted octanol–water partition coefficient (Wildman–Crippen LogP) is 2.98. The van der Waals surface area contributed by atoms with Crippen LogP contribution in [-0.2, 0) is 33.5 Å². The van der Waals surface area contributed by atoms with E-state index in [1.165, 1.54) is 29.6 Å².